The van der Waals surface area contributed by atoms with E-state index in [0.717, 1.165) is 6.20 Å². The van der Waals surface area contributed by atoms with Crippen LogP contribution in [0.2, 0.25) is 0 Å². The predicted octanol–water partition coefficient (Wildman–Crippen LogP) is 1.34. The Kier molecular flexibility index (Phi) is 4.52. The molecule has 0 aliphatic carbocycles. The Morgan fingerprint density at radius 1 is 1.32 bits per heavy atom. The van der Waals surface area contributed by atoms with Crippen LogP contribution >= 0.6 is 0 Å². The van der Waals surface area contributed by atoms with Gasteiger partial charge in [-0.3, -0.25) is 5.10 Å². The summed E-state index contributed by atoms with van der Waals surface area (Å²) in [5.74, 6) is -0.394. The van der Waals surface area contributed by atoms with Crippen LogP contribution in [0.25, 0.3) is 10.9 Å². The van der Waals surface area contributed by atoms with Crippen molar-refractivity contribution in [2.75, 3.05) is 44.0 Å². The number of halogens is 1. The summed E-state index contributed by atoms with van der Waals surface area (Å²) in [5, 5.41) is 10.1. The summed E-state index contributed by atoms with van der Waals surface area (Å²) < 4.78 is 19.5. The maximum absolute atomic E-state index is 14.0. The quantitative estimate of drug-likeness (QED) is 0.492. The fourth-order valence-corrected chi connectivity index (χ4v) is 2.23. The van der Waals surface area contributed by atoms with Crippen LogP contribution in [0.15, 0.2) is 18.3 Å². The van der Waals surface area contributed by atoms with Gasteiger partial charge < -0.3 is 26.4 Å². The molecule has 132 valence electrons. The van der Waals surface area contributed by atoms with Gasteiger partial charge in [0.25, 0.3) is 0 Å². The first kappa shape index (κ1) is 16.7. The van der Waals surface area contributed by atoms with Crippen molar-refractivity contribution in [2.24, 2.45) is 0 Å². The van der Waals surface area contributed by atoms with Crippen LogP contribution in [-0.2, 0) is 0 Å². The first-order valence-electron chi connectivity index (χ1n) is 7.55. The Morgan fingerprint density at radius 3 is 2.88 bits per heavy atom. The van der Waals surface area contributed by atoms with Crippen molar-refractivity contribution in [1.29, 1.82) is 0 Å². The van der Waals surface area contributed by atoms with Gasteiger partial charge in [0.1, 0.15) is 6.61 Å². The van der Waals surface area contributed by atoms with E-state index in [9.17, 15) is 4.39 Å². The van der Waals surface area contributed by atoms with Crippen LogP contribution in [0.4, 0.5) is 27.4 Å². The number of nitrogens with one attached hydrogen (secondary N) is 2. The molecule has 3 aromatic rings. The van der Waals surface area contributed by atoms with Crippen LogP contribution < -0.4 is 21.5 Å². The molecule has 6 N–H and O–H groups in total. The lowest BCUT2D eigenvalue weighted by atomic mass is 10.2. The van der Waals surface area contributed by atoms with Gasteiger partial charge >= 0.3 is 6.01 Å². The Hall–Kier alpha value is -3.14. The van der Waals surface area contributed by atoms with Gasteiger partial charge in [-0.2, -0.15) is 10.1 Å². The maximum atomic E-state index is 14.0. The van der Waals surface area contributed by atoms with Crippen molar-refractivity contribution in [1.82, 2.24) is 25.1 Å². The molecule has 0 fully saturated rings. The number of nitrogens with two attached hydrogens (primary N) is 2. The fourth-order valence-electron chi connectivity index (χ4n) is 2.23. The zero-order chi connectivity index (χ0) is 18.0. The fraction of sp³-hybridized carbons (Fsp3) is 0.267. The number of H-pyrrole nitrogens is 1. The van der Waals surface area contributed by atoms with Gasteiger partial charge in [-0.1, -0.05) is 0 Å². The number of rotatable bonds is 6. The van der Waals surface area contributed by atoms with Gasteiger partial charge in [-0.25, -0.2) is 9.37 Å². The molecule has 0 bridgehead atoms. The van der Waals surface area contributed by atoms with E-state index in [1.54, 1.807) is 12.1 Å². The van der Waals surface area contributed by atoms with Crippen molar-refractivity contribution in [3.8, 4) is 6.01 Å². The average molecular weight is 346 g/mol. The highest BCUT2D eigenvalue weighted by molar-refractivity contribution is 6.03. The third kappa shape index (κ3) is 3.53. The highest BCUT2D eigenvalue weighted by Gasteiger charge is 2.14. The second-order valence-corrected chi connectivity index (χ2v) is 5.68. The zero-order valence-corrected chi connectivity index (χ0v) is 13.9. The Balaban J connectivity index is 1.85. The number of likely N-dealkylation sites (N-methyl/N-ethyl adjacent to an activating group) is 1. The average Bonchev–Trinajstić information content (AvgIpc) is 2.94. The molecule has 0 unspecified atom stereocenters. The summed E-state index contributed by atoms with van der Waals surface area (Å²) >= 11 is 0. The van der Waals surface area contributed by atoms with E-state index in [4.69, 9.17) is 16.2 Å². The van der Waals surface area contributed by atoms with Crippen LogP contribution in [0.5, 0.6) is 6.01 Å². The molecule has 25 heavy (non-hydrogen) atoms. The molecule has 1 aromatic carbocycles. The van der Waals surface area contributed by atoms with Gasteiger partial charge in [-0.15, -0.1) is 0 Å². The number of benzene rings is 1. The molecule has 9 nitrogen and oxygen atoms in total. The second kappa shape index (κ2) is 6.77. The van der Waals surface area contributed by atoms with Gasteiger partial charge in [0.15, 0.2) is 17.5 Å². The minimum Gasteiger partial charge on any atom is -0.462 e. The molecular weight excluding hydrogens is 327 g/mol. The lowest BCUT2D eigenvalue weighted by Crippen LogP contribution is -2.20. The normalized spacial score (nSPS) is 11.2. The summed E-state index contributed by atoms with van der Waals surface area (Å²) in [6.07, 6.45) is 1.04. The standard InChI is InChI=1S/C15H19FN8O/c1-24(2)5-6-25-15-19-7-8(16)14(21-15)20-10-4-3-9-11(12(10)17)13(18)23-22-9/h3-4,7H,5-6,17H2,1-2H3,(H3,18,22,23)(H,19,20,21). The van der Waals surface area contributed by atoms with Gasteiger partial charge in [-0.05, 0) is 26.2 Å². The Morgan fingerprint density at radius 2 is 2.12 bits per heavy atom. The molecule has 0 saturated carbocycles. The van der Waals surface area contributed by atoms with Crippen LogP contribution in [0.3, 0.4) is 0 Å². The number of aromatic amines is 1. The Bertz CT molecular complexity index is 895. The van der Waals surface area contributed by atoms with E-state index >= 15 is 0 Å². The van der Waals surface area contributed by atoms with E-state index in [0.29, 0.717) is 35.4 Å². The summed E-state index contributed by atoms with van der Waals surface area (Å²) in [7, 11) is 3.84. The lowest BCUT2D eigenvalue weighted by Gasteiger charge is -2.12. The molecule has 0 radical (unpaired) electrons. The monoisotopic (exact) mass is 346 g/mol. The molecule has 2 heterocycles. The molecule has 2 aromatic heterocycles. The molecule has 0 aliphatic heterocycles. The number of nitrogens with zero attached hydrogens (tertiary/aromatic N) is 4. The number of anilines is 4. The smallest absolute Gasteiger partial charge is 0.318 e. The molecule has 0 spiro atoms. The van der Waals surface area contributed by atoms with E-state index in [-0.39, 0.29) is 17.6 Å². The van der Waals surface area contributed by atoms with Crippen molar-refractivity contribution < 1.29 is 9.13 Å². The summed E-state index contributed by atoms with van der Waals surface area (Å²) in [6.45, 7) is 1.07. The largest absolute Gasteiger partial charge is 0.462 e. The molecule has 0 amide bonds. The molecule has 10 heteroatoms. The third-order valence-corrected chi connectivity index (χ3v) is 3.54. The SMILES string of the molecule is CN(C)CCOc1ncc(F)c(Nc2ccc3[nH]nc(N)c3c2N)n1. The number of nitrogen functional groups attached to an aromatic ring is 2. The summed E-state index contributed by atoms with van der Waals surface area (Å²) in [4.78, 5) is 9.82. The Labute approximate surface area is 143 Å². The van der Waals surface area contributed by atoms with Crippen LogP contribution in [0.1, 0.15) is 0 Å². The van der Waals surface area contributed by atoms with E-state index < -0.39 is 5.82 Å². The van der Waals surface area contributed by atoms with Gasteiger partial charge in [0, 0.05) is 6.54 Å². The minimum atomic E-state index is -0.625. The predicted molar refractivity (Wildman–Crippen MR) is 94.2 cm³/mol. The molecule has 0 aliphatic rings. The molecule has 0 saturated heterocycles. The molecule has 3 rings (SSSR count). The van der Waals surface area contributed by atoms with Gasteiger partial charge in [0.05, 0.1) is 28.5 Å². The number of ether oxygens (including phenoxy) is 1. The number of aromatic nitrogens is 4. The maximum Gasteiger partial charge on any atom is 0.318 e. The van der Waals surface area contributed by atoms with Crippen molar-refractivity contribution in [2.45, 2.75) is 0 Å². The van der Waals surface area contributed by atoms with Crippen LogP contribution in [-0.4, -0.2) is 52.3 Å². The first-order chi connectivity index (χ1) is 12.0. The van der Waals surface area contributed by atoms with Crippen molar-refractivity contribution >= 4 is 33.9 Å². The highest BCUT2D eigenvalue weighted by atomic mass is 19.1. The van der Waals surface area contributed by atoms with E-state index in [2.05, 4.69) is 25.5 Å². The summed E-state index contributed by atoms with van der Waals surface area (Å²) in [6, 6.07) is 3.50. The first-order valence-corrected chi connectivity index (χ1v) is 7.55. The van der Waals surface area contributed by atoms with Crippen molar-refractivity contribution in [3.63, 3.8) is 0 Å². The van der Waals surface area contributed by atoms with Crippen LogP contribution in [0, 0.1) is 5.82 Å². The number of fused-ring (bicyclic) bond motifs is 1. The van der Waals surface area contributed by atoms with Gasteiger partial charge in [0.2, 0.25) is 0 Å². The minimum absolute atomic E-state index is 0.0389. The molecule has 0 atom stereocenters. The number of hydrogen-bond donors (Lipinski definition) is 4. The van der Waals surface area contributed by atoms with E-state index in [1.807, 2.05) is 19.0 Å². The second-order valence-electron chi connectivity index (χ2n) is 5.68. The zero-order valence-electron chi connectivity index (χ0n) is 13.9. The molecular formula is C15H19FN8O. The van der Waals surface area contributed by atoms with E-state index in [1.165, 1.54) is 0 Å². The lowest BCUT2D eigenvalue weighted by molar-refractivity contribution is 0.245. The third-order valence-electron chi connectivity index (χ3n) is 3.54. The highest BCUT2D eigenvalue weighted by Crippen LogP contribution is 2.33. The topological polar surface area (TPSA) is 131 Å². The number of hydrogen-bond acceptors (Lipinski definition) is 8. The summed E-state index contributed by atoms with van der Waals surface area (Å²) in [5.41, 5.74) is 13.4. The van der Waals surface area contributed by atoms with Crippen molar-refractivity contribution in [3.05, 3.63) is 24.1 Å².